The smallest absolute Gasteiger partial charge is 0.407 e. The van der Waals surface area contributed by atoms with Gasteiger partial charge < -0.3 is 24.6 Å². The lowest BCUT2D eigenvalue weighted by Gasteiger charge is -2.40. The molecule has 1 saturated carbocycles. The summed E-state index contributed by atoms with van der Waals surface area (Å²) in [4.78, 5) is 42.6. The van der Waals surface area contributed by atoms with Crippen molar-refractivity contribution in [3.63, 3.8) is 0 Å². The van der Waals surface area contributed by atoms with Crippen LogP contribution in [0.5, 0.6) is 5.75 Å². The van der Waals surface area contributed by atoms with Gasteiger partial charge in [0.2, 0.25) is 0 Å². The van der Waals surface area contributed by atoms with Crippen molar-refractivity contribution in [3.05, 3.63) is 59.2 Å². The molecule has 1 fully saturated rings. The number of alkyl carbamates (subject to hydrolysis) is 1. The maximum absolute atomic E-state index is 14.3. The van der Waals surface area contributed by atoms with Crippen molar-refractivity contribution in [2.75, 3.05) is 18.0 Å². The highest BCUT2D eigenvalue weighted by molar-refractivity contribution is 6.05. The average Bonchev–Trinajstić information content (AvgIpc) is 2.94. The Bertz CT molecular complexity index is 1250. The topological polar surface area (TPSA) is 88.2 Å². The zero-order valence-electron chi connectivity index (χ0n) is 24.1. The Morgan fingerprint density at radius 2 is 1.80 bits per heavy atom. The lowest BCUT2D eigenvalue weighted by Crippen LogP contribution is -2.54. The van der Waals surface area contributed by atoms with E-state index in [-0.39, 0.29) is 48.8 Å². The molecule has 4 rings (SSSR count). The summed E-state index contributed by atoms with van der Waals surface area (Å²) in [7, 11) is 0. The Kier molecular flexibility index (Phi) is 9.50. The number of carbonyl (C=O) groups is 3. The van der Waals surface area contributed by atoms with Crippen LogP contribution >= 0.6 is 0 Å². The van der Waals surface area contributed by atoms with Gasteiger partial charge in [-0.3, -0.25) is 9.59 Å². The molecule has 3 amide bonds. The molecule has 1 aliphatic carbocycles. The van der Waals surface area contributed by atoms with Crippen molar-refractivity contribution in [2.24, 2.45) is 0 Å². The third-order valence-corrected chi connectivity index (χ3v) is 7.59. The number of rotatable bonds is 9. The molecule has 0 spiro atoms. The molecule has 2 aliphatic rings. The molecule has 0 unspecified atom stereocenters. The first kappa shape index (κ1) is 30.3. The van der Waals surface area contributed by atoms with Gasteiger partial charge in [-0.1, -0.05) is 49.6 Å². The summed E-state index contributed by atoms with van der Waals surface area (Å²) < 4.78 is 39.8. The van der Waals surface area contributed by atoms with E-state index < -0.39 is 35.5 Å². The number of alkyl halides is 2. The van der Waals surface area contributed by atoms with E-state index in [1.54, 1.807) is 18.7 Å². The number of anilines is 1. The van der Waals surface area contributed by atoms with E-state index in [1.807, 2.05) is 44.2 Å². The first-order chi connectivity index (χ1) is 19.5. The first-order valence-corrected chi connectivity index (χ1v) is 14.2. The zero-order valence-corrected chi connectivity index (χ0v) is 24.1. The highest BCUT2D eigenvalue weighted by atomic mass is 19.3. The molecule has 8 nitrogen and oxygen atoms in total. The molecular weight excluding hydrogens is 532 g/mol. The number of carbonyl (C=O) groups excluding carboxylic acids is 3. The van der Waals surface area contributed by atoms with Crippen LogP contribution in [0.3, 0.4) is 0 Å². The SMILES string of the molecule is CC(C)N(C(=O)c1cc2c(cc1C(F)F)OC(C)(C)C(=O)N2CCNC(=O)OCc1ccccc1)C1CCCCC1. The number of amides is 3. The summed E-state index contributed by atoms with van der Waals surface area (Å²) in [5.74, 6) is -0.813. The number of hydrogen-bond donors (Lipinski definition) is 1. The van der Waals surface area contributed by atoms with Crippen molar-refractivity contribution in [1.29, 1.82) is 0 Å². The van der Waals surface area contributed by atoms with Crippen LogP contribution in [-0.4, -0.2) is 53.6 Å². The first-order valence-electron chi connectivity index (χ1n) is 14.2. The van der Waals surface area contributed by atoms with E-state index in [1.165, 1.54) is 17.0 Å². The molecule has 0 aromatic heterocycles. The summed E-state index contributed by atoms with van der Waals surface area (Å²) in [6.45, 7) is 7.03. The van der Waals surface area contributed by atoms with Gasteiger partial charge in [-0.25, -0.2) is 13.6 Å². The maximum Gasteiger partial charge on any atom is 0.407 e. The minimum atomic E-state index is -2.92. The predicted molar refractivity (Wildman–Crippen MR) is 151 cm³/mol. The van der Waals surface area contributed by atoms with Gasteiger partial charge in [-0.05, 0) is 58.2 Å². The van der Waals surface area contributed by atoms with Crippen LogP contribution in [0.2, 0.25) is 0 Å². The second-order valence-electron chi connectivity index (χ2n) is 11.4. The van der Waals surface area contributed by atoms with Crippen molar-refractivity contribution in [3.8, 4) is 5.75 Å². The van der Waals surface area contributed by atoms with E-state index in [0.29, 0.717) is 0 Å². The molecule has 2 aromatic rings. The van der Waals surface area contributed by atoms with Gasteiger partial charge in [0.1, 0.15) is 12.4 Å². The Morgan fingerprint density at radius 3 is 2.44 bits per heavy atom. The average molecular weight is 572 g/mol. The second kappa shape index (κ2) is 12.9. The lowest BCUT2D eigenvalue weighted by atomic mass is 9.92. The normalized spacial score (nSPS) is 16.8. The second-order valence-corrected chi connectivity index (χ2v) is 11.4. The predicted octanol–water partition coefficient (Wildman–Crippen LogP) is 6.24. The monoisotopic (exact) mass is 571 g/mol. The molecular formula is C31H39F2N3O5. The molecule has 0 bridgehead atoms. The largest absolute Gasteiger partial charge is 0.476 e. The molecule has 2 aromatic carbocycles. The van der Waals surface area contributed by atoms with Crippen LogP contribution < -0.4 is 15.0 Å². The minimum Gasteiger partial charge on any atom is -0.476 e. The third kappa shape index (κ3) is 6.97. The van der Waals surface area contributed by atoms with Crippen LogP contribution in [0, 0.1) is 0 Å². The van der Waals surface area contributed by atoms with E-state index in [9.17, 15) is 23.2 Å². The van der Waals surface area contributed by atoms with Crippen molar-refractivity contribution in [1.82, 2.24) is 10.2 Å². The fourth-order valence-corrected chi connectivity index (χ4v) is 5.58. The van der Waals surface area contributed by atoms with E-state index >= 15 is 0 Å². The maximum atomic E-state index is 14.3. The highest BCUT2D eigenvalue weighted by Gasteiger charge is 2.42. The van der Waals surface area contributed by atoms with Gasteiger partial charge >= 0.3 is 6.09 Å². The summed E-state index contributed by atoms with van der Waals surface area (Å²) in [6.07, 6.45) is 1.14. The lowest BCUT2D eigenvalue weighted by molar-refractivity contribution is -0.132. The van der Waals surface area contributed by atoms with Crippen LogP contribution in [0.25, 0.3) is 0 Å². The summed E-state index contributed by atoms with van der Waals surface area (Å²) in [6, 6.07) is 11.5. The number of nitrogens with zero attached hydrogens (tertiary/aromatic N) is 2. The molecule has 41 heavy (non-hydrogen) atoms. The van der Waals surface area contributed by atoms with Gasteiger partial charge in [-0.2, -0.15) is 0 Å². The molecule has 1 aliphatic heterocycles. The van der Waals surface area contributed by atoms with Crippen molar-refractivity contribution >= 4 is 23.6 Å². The van der Waals surface area contributed by atoms with Crippen LogP contribution in [0.1, 0.15) is 87.7 Å². The number of nitrogens with one attached hydrogen (secondary N) is 1. The summed E-state index contributed by atoms with van der Waals surface area (Å²) >= 11 is 0. The molecule has 1 N–H and O–H groups in total. The summed E-state index contributed by atoms with van der Waals surface area (Å²) in [5, 5.41) is 2.63. The van der Waals surface area contributed by atoms with Gasteiger partial charge in [0.15, 0.2) is 5.60 Å². The highest BCUT2D eigenvalue weighted by Crippen LogP contribution is 2.42. The number of hydrogen-bond acceptors (Lipinski definition) is 5. The Hall–Kier alpha value is -3.69. The zero-order chi connectivity index (χ0) is 29.7. The van der Waals surface area contributed by atoms with Crippen LogP contribution in [0.4, 0.5) is 19.3 Å². The number of fused-ring (bicyclic) bond motifs is 1. The van der Waals surface area contributed by atoms with Crippen molar-refractivity contribution < 1.29 is 32.6 Å². The third-order valence-electron chi connectivity index (χ3n) is 7.59. The fraction of sp³-hybridized carbons (Fsp3) is 0.516. The van der Waals surface area contributed by atoms with E-state index in [2.05, 4.69) is 5.32 Å². The standard InChI is InChI=1S/C31H39F2N3O5/c1-20(2)36(22-13-9-6-10-14-22)28(37)24-17-25-26(18-23(24)27(32)33)41-31(3,4)29(38)35(25)16-15-34-30(39)40-19-21-11-7-5-8-12-21/h5,7-8,11-12,17-18,20,22,27H,6,9-10,13-16,19H2,1-4H3,(H,34,39). The van der Waals surface area contributed by atoms with E-state index in [0.717, 1.165) is 37.7 Å². The molecule has 0 atom stereocenters. The molecule has 1 heterocycles. The molecule has 10 heteroatoms. The van der Waals surface area contributed by atoms with Crippen molar-refractivity contribution in [2.45, 2.75) is 90.5 Å². The van der Waals surface area contributed by atoms with E-state index in [4.69, 9.17) is 9.47 Å². The Morgan fingerprint density at radius 1 is 1.12 bits per heavy atom. The van der Waals surface area contributed by atoms with Gasteiger partial charge in [0, 0.05) is 30.7 Å². The van der Waals surface area contributed by atoms with Gasteiger partial charge in [0.25, 0.3) is 18.2 Å². The molecule has 0 radical (unpaired) electrons. The number of benzene rings is 2. The quantitative estimate of drug-likeness (QED) is 0.385. The summed E-state index contributed by atoms with van der Waals surface area (Å²) in [5.41, 5.74) is -0.860. The Balaban J connectivity index is 1.58. The molecule has 0 saturated heterocycles. The van der Waals surface area contributed by atoms with Crippen LogP contribution in [0.15, 0.2) is 42.5 Å². The fourth-order valence-electron chi connectivity index (χ4n) is 5.58. The van der Waals surface area contributed by atoms with Crippen LogP contribution in [-0.2, 0) is 16.1 Å². The van der Waals surface area contributed by atoms with Gasteiger partial charge in [-0.15, -0.1) is 0 Å². The molecule has 222 valence electrons. The number of ether oxygens (including phenoxy) is 2. The van der Waals surface area contributed by atoms with Gasteiger partial charge in [0.05, 0.1) is 11.3 Å². The minimum absolute atomic E-state index is 0.0250. The number of halogens is 2. The Labute approximate surface area is 240 Å².